The Morgan fingerprint density at radius 2 is 2.08 bits per heavy atom. The van der Waals surface area contributed by atoms with Crippen molar-refractivity contribution in [1.82, 2.24) is 4.98 Å². The van der Waals surface area contributed by atoms with E-state index in [1.54, 1.807) is 12.1 Å². The van der Waals surface area contributed by atoms with Crippen LogP contribution in [-0.4, -0.2) is 24.9 Å². The predicted molar refractivity (Wildman–Crippen MR) is 96.9 cm³/mol. The van der Waals surface area contributed by atoms with Gasteiger partial charge >= 0.3 is 6.18 Å². The van der Waals surface area contributed by atoms with E-state index in [1.807, 2.05) is 6.92 Å². The first kappa shape index (κ1) is 20.0. The number of nitrogens with one attached hydrogen (secondary N) is 1. The molecule has 26 heavy (non-hydrogen) atoms. The molecule has 1 N–H and O–H groups in total. The van der Waals surface area contributed by atoms with Gasteiger partial charge in [-0.3, -0.25) is 5.43 Å². The molecule has 0 saturated heterocycles. The zero-order valence-electron chi connectivity index (χ0n) is 14.1. The van der Waals surface area contributed by atoms with Crippen molar-refractivity contribution in [3.05, 3.63) is 46.1 Å². The van der Waals surface area contributed by atoms with Crippen molar-refractivity contribution in [3.63, 3.8) is 0 Å². The summed E-state index contributed by atoms with van der Waals surface area (Å²) in [4.78, 5) is 3.68. The molecule has 0 aliphatic carbocycles. The summed E-state index contributed by atoms with van der Waals surface area (Å²) in [6.07, 6.45) is -1.31. The summed E-state index contributed by atoms with van der Waals surface area (Å²) in [6, 6.07) is 5.67. The van der Waals surface area contributed by atoms with Crippen molar-refractivity contribution in [2.24, 2.45) is 5.10 Å². The minimum atomic E-state index is -4.42. The molecule has 1 aromatic carbocycles. The van der Waals surface area contributed by atoms with Crippen LogP contribution in [0.1, 0.15) is 24.5 Å². The summed E-state index contributed by atoms with van der Waals surface area (Å²) >= 11 is 3.43. The first-order valence-corrected chi connectivity index (χ1v) is 8.47. The van der Waals surface area contributed by atoms with Crippen LogP contribution in [0.4, 0.5) is 19.0 Å². The van der Waals surface area contributed by atoms with Gasteiger partial charge in [-0.25, -0.2) is 4.98 Å². The summed E-state index contributed by atoms with van der Waals surface area (Å²) in [5, 5.41) is 3.98. The molecule has 0 aliphatic rings. The van der Waals surface area contributed by atoms with Crippen LogP contribution in [0.15, 0.2) is 40.0 Å². The predicted octanol–water partition coefficient (Wildman–Crippen LogP) is 5.11. The summed E-state index contributed by atoms with van der Waals surface area (Å²) in [5.74, 6) is 1.34. The lowest BCUT2D eigenvalue weighted by Crippen LogP contribution is -2.05. The molecule has 2 rings (SSSR count). The minimum absolute atomic E-state index is 0.197. The lowest BCUT2D eigenvalue weighted by Gasteiger charge is -2.12. The van der Waals surface area contributed by atoms with Gasteiger partial charge in [-0.1, -0.05) is 6.92 Å². The van der Waals surface area contributed by atoms with Gasteiger partial charge in [0.15, 0.2) is 11.5 Å². The molecule has 0 unspecified atom stereocenters. The highest BCUT2D eigenvalue weighted by molar-refractivity contribution is 9.10. The number of ether oxygens (including phenoxy) is 2. The molecule has 5 nitrogen and oxygen atoms in total. The van der Waals surface area contributed by atoms with Crippen LogP contribution in [0.3, 0.4) is 0 Å². The van der Waals surface area contributed by atoms with Crippen molar-refractivity contribution >= 4 is 28.0 Å². The highest BCUT2D eigenvalue weighted by atomic mass is 79.9. The Morgan fingerprint density at radius 3 is 2.65 bits per heavy atom. The van der Waals surface area contributed by atoms with Gasteiger partial charge in [0.25, 0.3) is 0 Å². The van der Waals surface area contributed by atoms with Crippen molar-refractivity contribution < 1.29 is 22.6 Å². The number of hydrazone groups is 1. The third-order valence-electron chi connectivity index (χ3n) is 3.19. The van der Waals surface area contributed by atoms with Crippen LogP contribution < -0.4 is 14.9 Å². The number of methoxy groups -OCH3 is 1. The van der Waals surface area contributed by atoms with E-state index in [-0.39, 0.29) is 5.82 Å². The van der Waals surface area contributed by atoms with Crippen LogP contribution in [0.5, 0.6) is 11.5 Å². The van der Waals surface area contributed by atoms with Gasteiger partial charge in [-0.2, -0.15) is 18.3 Å². The second-order valence-electron chi connectivity index (χ2n) is 5.18. The fourth-order valence-corrected chi connectivity index (χ4v) is 2.53. The second kappa shape index (κ2) is 8.88. The van der Waals surface area contributed by atoms with Crippen molar-refractivity contribution in [2.75, 3.05) is 19.1 Å². The van der Waals surface area contributed by atoms with Crippen LogP contribution in [-0.2, 0) is 6.18 Å². The summed E-state index contributed by atoms with van der Waals surface area (Å²) < 4.78 is 49.2. The number of anilines is 1. The Labute approximate surface area is 157 Å². The topological polar surface area (TPSA) is 55.7 Å². The monoisotopic (exact) mass is 431 g/mol. The number of nitrogens with zero attached hydrogens (tertiary/aromatic N) is 2. The molecule has 1 heterocycles. The third-order valence-corrected chi connectivity index (χ3v) is 3.77. The molecule has 0 fully saturated rings. The van der Waals surface area contributed by atoms with Gasteiger partial charge < -0.3 is 9.47 Å². The molecular formula is C17H17BrF3N3O2. The SMILES string of the molecule is CCCOc1c(Br)cc(/C=N/Nc2ccc(C(F)(F)F)cn2)cc1OC. The normalized spacial score (nSPS) is 11.6. The molecule has 0 saturated carbocycles. The maximum atomic E-state index is 12.5. The lowest BCUT2D eigenvalue weighted by atomic mass is 10.2. The molecule has 0 spiro atoms. The zero-order valence-corrected chi connectivity index (χ0v) is 15.7. The number of halogens is 4. The van der Waals surface area contributed by atoms with Crippen LogP contribution in [0.25, 0.3) is 0 Å². The quantitative estimate of drug-likeness (QED) is 0.488. The number of benzene rings is 1. The van der Waals surface area contributed by atoms with E-state index < -0.39 is 11.7 Å². The average molecular weight is 432 g/mol. The van der Waals surface area contributed by atoms with Crippen molar-refractivity contribution in [1.29, 1.82) is 0 Å². The fraction of sp³-hybridized carbons (Fsp3) is 0.294. The number of hydrogen-bond acceptors (Lipinski definition) is 5. The third kappa shape index (κ3) is 5.35. The molecule has 0 amide bonds. The summed E-state index contributed by atoms with van der Waals surface area (Å²) in [7, 11) is 1.53. The Morgan fingerprint density at radius 1 is 1.31 bits per heavy atom. The molecule has 1 aromatic heterocycles. The Hall–Kier alpha value is -2.29. The molecule has 0 bridgehead atoms. The zero-order chi connectivity index (χ0) is 19.2. The Bertz CT molecular complexity index is 765. The van der Waals surface area contributed by atoms with Gasteiger partial charge in [0.2, 0.25) is 0 Å². The number of rotatable bonds is 7. The Kier molecular flexibility index (Phi) is 6.84. The first-order chi connectivity index (χ1) is 12.3. The molecule has 0 atom stereocenters. The molecule has 0 radical (unpaired) electrons. The molecule has 2 aromatic rings. The minimum Gasteiger partial charge on any atom is -0.493 e. The number of hydrogen-bond donors (Lipinski definition) is 1. The molecule has 140 valence electrons. The lowest BCUT2D eigenvalue weighted by molar-refractivity contribution is -0.137. The van der Waals surface area contributed by atoms with E-state index in [2.05, 4.69) is 31.4 Å². The van der Waals surface area contributed by atoms with Crippen molar-refractivity contribution in [2.45, 2.75) is 19.5 Å². The van der Waals surface area contributed by atoms with E-state index >= 15 is 0 Å². The molecular weight excluding hydrogens is 415 g/mol. The summed E-state index contributed by atoms with van der Waals surface area (Å²) in [5.41, 5.74) is 2.47. The maximum absolute atomic E-state index is 12.5. The van der Waals surface area contributed by atoms with E-state index in [0.29, 0.717) is 28.1 Å². The average Bonchev–Trinajstić information content (AvgIpc) is 2.60. The standard InChI is InChI=1S/C17H17BrF3N3O2/c1-3-6-26-16-13(18)7-11(8-14(16)25-2)9-23-24-15-5-4-12(10-22-15)17(19,20)21/h4-5,7-10H,3,6H2,1-2H3,(H,22,24)/b23-9+. The fourth-order valence-electron chi connectivity index (χ4n) is 1.96. The van der Waals surface area contributed by atoms with Gasteiger partial charge in [-0.05, 0) is 52.2 Å². The number of pyridine rings is 1. The maximum Gasteiger partial charge on any atom is 0.417 e. The van der Waals surface area contributed by atoms with E-state index in [9.17, 15) is 13.2 Å². The van der Waals surface area contributed by atoms with Crippen molar-refractivity contribution in [3.8, 4) is 11.5 Å². The number of aromatic nitrogens is 1. The van der Waals surface area contributed by atoms with E-state index in [0.717, 1.165) is 18.7 Å². The van der Waals surface area contributed by atoms with Gasteiger partial charge in [-0.15, -0.1) is 0 Å². The highest BCUT2D eigenvalue weighted by Crippen LogP contribution is 2.36. The second-order valence-corrected chi connectivity index (χ2v) is 6.04. The molecule has 0 aliphatic heterocycles. The van der Waals surface area contributed by atoms with Gasteiger partial charge in [0, 0.05) is 6.20 Å². The summed E-state index contributed by atoms with van der Waals surface area (Å²) in [6.45, 7) is 2.56. The highest BCUT2D eigenvalue weighted by Gasteiger charge is 2.30. The van der Waals surface area contributed by atoms with Crippen LogP contribution >= 0.6 is 15.9 Å². The van der Waals surface area contributed by atoms with Gasteiger partial charge in [0.1, 0.15) is 5.82 Å². The number of alkyl halides is 3. The van der Waals surface area contributed by atoms with Crippen LogP contribution in [0, 0.1) is 0 Å². The largest absolute Gasteiger partial charge is 0.493 e. The first-order valence-electron chi connectivity index (χ1n) is 7.67. The van der Waals surface area contributed by atoms with E-state index in [1.165, 1.54) is 19.4 Å². The molecule has 9 heteroatoms. The smallest absolute Gasteiger partial charge is 0.417 e. The Balaban J connectivity index is 2.09. The van der Waals surface area contributed by atoms with E-state index in [4.69, 9.17) is 9.47 Å². The van der Waals surface area contributed by atoms with Crippen LogP contribution in [0.2, 0.25) is 0 Å². The van der Waals surface area contributed by atoms with Gasteiger partial charge in [0.05, 0.1) is 30.0 Å².